The number of rotatable bonds is 17. The van der Waals surface area contributed by atoms with Crippen LogP contribution in [0.5, 0.6) is 0 Å². The lowest BCUT2D eigenvalue weighted by Crippen LogP contribution is -2.02. The number of ether oxygens (including phenoxy) is 1. The van der Waals surface area contributed by atoms with Crippen LogP contribution in [0, 0.1) is 0 Å². The minimum absolute atomic E-state index is 0.242. The summed E-state index contributed by atoms with van der Waals surface area (Å²) in [6, 6.07) is 9.82. The summed E-state index contributed by atoms with van der Waals surface area (Å²) in [6.07, 6.45) is 22.0. The zero-order valence-corrected chi connectivity index (χ0v) is 17.5. The van der Waals surface area contributed by atoms with Crippen LogP contribution in [0.4, 0.5) is 0 Å². The van der Waals surface area contributed by atoms with Gasteiger partial charge in [0.05, 0.1) is 6.61 Å². The first-order valence-corrected chi connectivity index (χ1v) is 11.2. The fourth-order valence-electron chi connectivity index (χ4n) is 3.25. The molecular weight excluding hydrogens is 332 g/mol. The molecule has 0 radical (unpaired) electrons. The van der Waals surface area contributed by atoms with Gasteiger partial charge in [-0.2, -0.15) is 0 Å². The van der Waals surface area contributed by atoms with E-state index in [4.69, 9.17) is 4.74 Å². The lowest BCUT2D eigenvalue weighted by molar-refractivity contribution is -0.137. The predicted octanol–water partition coefficient (Wildman–Crippen LogP) is 7.72. The Morgan fingerprint density at radius 2 is 1.22 bits per heavy atom. The molecule has 0 heterocycles. The molecule has 1 rings (SSSR count). The third-order valence-electron chi connectivity index (χ3n) is 4.95. The molecule has 2 nitrogen and oxygen atoms in total. The number of hydrogen-bond acceptors (Lipinski definition) is 2. The number of unbranched alkanes of at least 4 members (excludes halogenated alkanes) is 13. The molecule has 152 valence electrons. The van der Waals surface area contributed by atoms with Crippen molar-refractivity contribution in [1.29, 1.82) is 0 Å². The fourth-order valence-corrected chi connectivity index (χ4v) is 3.25. The maximum absolute atomic E-state index is 11.6. The van der Waals surface area contributed by atoms with E-state index in [1.165, 1.54) is 83.1 Å². The van der Waals surface area contributed by atoms with E-state index in [1.807, 2.05) is 30.3 Å². The Morgan fingerprint density at radius 1 is 0.741 bits per heavy atom. The molecule has 0 saturated carbocycles. The second-order valence-electron chi connectivity index (χ2n) is 7.51. The Bertz CT molecular complexity index is 478. The van der Waals surface area contributed by atoms with Crippen LogP contribution in [0.2, 0.25) is 0 Å². The highest BCUT2D eigenvalue weighted by Gasteiger charge is 1.98. The Morgan fingerprint density at radius 3 is 1.74 bits per heavy atom. The summed E-state index contributed by atoms with van der Waals surface area (Å²) in [5, 5.41) is 0. The minimum atomic E-state index is -0.242. The first kappa shape index (κ1) is 23.5. The molecule has 0 spiro atoms. The molecule has 0 aliphatic carbocycles. The van der Waals surface area contributed by atoms with Crippen LogP contribution in [-0.2, 0) is 9.53 Å². The van der Waals surface area contributed by atoms with Crippen molar-refractivity contribution in [3.8, 4) is 0 Å². The van der Waals surface area contributed by atoms with E-state index in [0.29, 0.717) is 6.61 Å². The molecule has 1 aromatic carbocycles. The molecule has 0 aliphatic heterocycles. The topological polar surface area (TPSA) is 26.3 Å². The van der Waals surface area contributed by atoms with Gasteiger partial charge >= 0.3 is 5.97 Å². The largest absolute Gasteiger partial charge is 0.463 e. The van der Waals surface area contributed by atoms with Crippen molar-refractivity contribution in [2.75, 3.05) is 6.61 Å². The highest BCUT2D eigenvalue weighted by Crippen LogP contribution is 2.13. The third-order valence-corrected chi connectivity index (χ3v) is 4.95. The summed E-state index contributed by atoms with van der Waals surface area (Å²) in [4.78, 5) is 11.6. The van der Waals surface area contributed by atoms with E-state index in [9.17, 15) is 4.79 Å². The molecule has 0 atom stereocenters. The van der Waals surface area contributed by atoms with E-state index in [2.05, 4.69) is 6.92 Å². The van der Waals surface area contributed by atoms with Gasteiger partial charge in [0.1, 0.15) is 0 Å². The van der Waals surface area contributed by atoms with Gasteiger partial charge in [-0.3, -0.25) is 0 Å². The maximum atomic E-state index is 11.6. The van der Waals surface area contributed by atoms with Crippen LogP contribution in [0.1, 0.15) is 102 Å². The first-order chi connectivity index (χ1) is 13.3. The number of esters is 1. The molecule has 0 bridgehead atoms. The molecule has 0 aliphatic rings. The summed E-state index contributed by atoms with van der Waals surface area (Å²) >= 11 is 0. The van der Waals surface area contributed by atoms with Crippen molar-refractivity contribution in [2.45, 2.75) is 96.8 Å². The minimum Gasteiger partial charge on any atom is -0.463 e. The average Bonchev–Trinajstić information content (AvgIpc) is 2.70. The number of hydrogen-bond donors (Lipinski definition) is 0. The Kier molecular flexibility index (Phi) is 15.5. The van der Waals surface area contributed by atoms with Gasteiger partial charge in [0.15, 0.2) is 0 Å². The van der Waals surface area contributed by atoms with Gasteiger partial charge in [-0.25, -0.2) is 4.79 Å². The van der Waals surface area contributed by atoms with E-state index < -0.39 is 0 Å². The van der Waals surface area contributed by atoms with Crippen LogP contribution in [0.3, 0.4) is 0 Å². The lowest BCUT2D eigenvalue weighted by atomic mass is 10.0. The van der Waals surface area contributed by atoms with E-state index in [-0.39, 0.29) is 5.97 Å². The first-order valence-electron chi connectivity index (χ1n) is 11.2. The smallest absolute Gasteiger partial charge is 0.330 e. The SMILES string of the molecule is CCCCCCCCCCCCCCCCOC(=O)/C=C\c1ccccc1. The standard InChI is InChI=1S/C25H40O2/c1-2-3-4-5-6-7-8-9-10-11-12-13-14-18-23-27-25(26)22-21-24-19-16-15-17-20-24/h15-17,19-22H,2-14,18,23H2,1H3/b22-21-. The van der Waals surface area contributed by atoms with Gasteiger partial charge in [-0.15, -0.1) is 0 Å². The van der Waals surface area contributed by atoms with Gasteiger partial charge in [0.25, 0.3) is 0 Å². The van der Waals surface area contributed by atoms with Crippen molar-refractivity contribution in [3.05, 3.63) is 42.0 Å². The van der Waals surface area contributed by atoms with Gasteiger partial charge in [0, 0.05) is 6.08 Å². The van der Waals surface area contributed by atoms with Gasteiger partial charge in [-0.05, 0) is 18.1 Å². The highest BCUT2D eigenvalue weighted by atomic mass is 16.5. The zero-order valence-electron chi connectivity index (χ0n) is 17.5. The Balaban J connectivity index is 1.81. The average molecular weight is 373 g/mol. The van der Waals surface area contributed by atoms with Gasteiger partial charge in [-0.1, -0.05) is 121 Å². The number of benzene rings is 1. The van der Waals surface area contributed by atoms with Gasteiger partial charge < -0.3 is 4.74 Å². The predicted molar refractivity (Wildman–Crippen MR) is 117 cm³/mol. The van der Waals surface area contributed by atoms with Crippen molar-refractivity contribution in [3.63, 3.8) is 0 Å². The maximum Gasteiger partial charge on any atom is 0.330 e. The van der Waals surface area contributed by atoms with Crippen molar-refractivity contribution in [2.24, 2.45) is 0 Å². The van der Waals surface area contributed by atoms with Crippen LogP contribution in [-0.4, -0.2) is 12.6 Å². The summed E-state index contributed by atoms with van der Waals surface area (Å²) in [5.41, 5.74) is 1.02. The number of carbonyl (C=O) groups excluding carboxylic acids is 1. The van der Waals surface area contributed by atoms with Crippen LogP contribution >= 0.6 is 0 Å². The van der Waals surface area contributed by atoms with Crippen LogP contribution in [0.15, 0.2) is 36.4 Å². The van der Waals surface area contributed by atoms with E-state index in [1.54, 1.807) is 6.08 Å². The number of carbonyl (C=O) groups is 1. The van der Waals surface area contributed by atoms with Crippen molar-refractivity contribution < 1.29 is 9.53 Å². The summed E-state index contributed by atoms with van der Waals surface area (Å²) in [7, 11) is 0. The van der Waals surface area contributed by atoms with E-state index in [0.717, 1.165) is 18.4 Å². The third kappa shape index (κ3) is 15.2. The van der Waals surface area contributed by atoms with Gasteiger partial charge in [0.2, 0.25) is 0 Å². The lowest BCUT2D eigenvalue weighted by Gasteiger charge is -2.04. The molecule has 0 unspecified atom stereocenters. The molecule has 0 N–H and O–H groups in total. The van der Waals surface area contributed by atoms with Crippen LogP contribution < -0.4 is 0 Å². The second kappa shape index (κ2) is 17.8. The summed E-state index contributed by atoms with van der Waals surface area (Å²) < 4.78 is 5.25. The normalized spacial score (nSPS) is 11.1. The molecule has 0 saturated heterocycles. The molecule has 27 heavy (non-hydrogen) atoms. The molecule has 0 aromatic heterocycles. The quantitative estimate of drug-likeness (QED) is 0.159. The summed E-state index contributed by atoms with van der Waals surface area (Å²) in [5.74, 6) is -0.242. The van der Waals surface area contributed by atoms with Crippen molar-refractivity contribution in [1.82, 2.24) is 0 Å². The second-order valence-corrected chi connectivity index (χ2v) is 7.51. The van der Waals surface area contributed by atoms with Crippen molar-refractivity contribution >= 4 is 12.0 Å². The zero-order chi connectivity index (χ0) is 19.4. The molecule has 0 amide bonds. The Hall–Kier alpha value is -1.57. The van der Waals surface area contributed by atoms with Crippen LogP contribution in [0.25, 0.3) is 6.08 Å². The Labute approximate surface area is 167 Å². The molecular formula is C25H40O2. The highest BCUT2D eigenvalue weighted by molar-refractivity contribution is 5.86. The molecule has 1 aromatic rings. The fraction of sp³-hybridized carbons (Fsp3) is 0.640. The molecule has 2 heteroatoms. The summed E-state index contributed by atoms with van der Waals surface area (Å²) in [6.45, 7) is 2.81. The molecule has 0 fully saturated rings. The van der Waals surface area contributed by atoms with E-state index >= 15 is 0 Å². The monoisotopic (exact) mass is 372 g/mol.